The molecule has 1 amide bonds. The molecular weight excluding hydrogens is 334 g/mol. The molecule has 0 unspecified atom stereocenters. The molecule has 0 atom stereocenters. The summed E-state index contributed by atoms with van der Waals surface area (Å²) in [4.78, 5) is 31.4. The standard InChI is InChI=1S/C10H7N5O5S2/c1-5(16)11-9-12-13-10(22-9)21-8-3-2-6(14(17)18)4-7(8)15(19)20/h2-4H,1H3,(H,11,12,16). The number of non-ortho nitro benzene ring substituents is 1. The molecule has 1 N–H and O–H groups in total. The van der Waals surface area contributed by atoms with E-state index in [4.69, 9.17) is 0 Å². The summed E-state index contributed by atoms with van der Waals surface area (Å²) < 4.78 is 0.362. The second-order valence-corrected chi connectivity index (χ2v) is 6.09. The molecule has 0 aliphatic heterocycles. The molecule has 10 nitrogen and oxygen atoms in total. The third-order valence-electron chi connectivity index (χ3n) is 2.24. The van der Waals surface area contributed by atoms with E-state index in [-0.39, 0.29) is 21.6 Å². The molecule has 0 saturated heterocycles. The average molecular weight is 341 g/mol. The van der Waals surface area contributed by atoms with Crippen LogP contribution in [-0.4, -0.2) is 26.0 Å². The first-order chi connectivity index (χ1) is 10.4. The maximum Gasteiger partial charge on any atom is 0.290 e. The summed E-state index contributed by atoms with van der Waals surface area (Å²) in [5, 5.41) is 31.9. The molecule has 22 heavy (non-hydrogen) atoms. The zero-order chi connectivity index (χ0) is 16.3. The van der Waals surface area contributed by atoms with E-state index < -0.39 is 15.5 Å². The molecule has 12 heteroatoms. The van der Waals surface area contributed by atoms with E-state index in [1.807, 2.05) is 0 Å². The van der Waals surface area contributed by atoms with Crippen LogP contribution in [0, 0.1) is 20.2 Å². The van der Waals surface area contributed by atoms with Crippen molar-refractivity contribution in [1.82, 2.24) is 10.2 Å². The number of anilines is 1. The van der Waals surface area contributed by atoms with Gasteiger partial charge in [0.25, 0.3) is 11.4 Å². The van der Waals surface area contributed by atoms with Crippen molar-refractivity contribution < 1.29 is 14.6 Å². The summed E-state index contributed by atoms with van der Waals surface area (Å²) in [6.07, 6.45) is 0. The fourth-order valence-electron chi connectivity index (χ4n) is 1.39. The largest absolute Gasteiger partial charge is 0.301 e. The number of carbonyl (C=O) groups excluding carboxylic acids is 1. The van der Waals surface area contributed by atoms with Gasteiger partial charge in [-0.3, -0.25) is 25.0 Å². The van der Waals surface area contributed by atoms with Crippen molar-refractivity contribution in [1.29, 1.82) is 0 Å². The molecule has 0 radical (unpaired) electrons. The Morgan fingerprint density at radius 3 is 2.59 bits per heavy atom. The predicted octanol–water partition coefficient (Wildman–Crippen LogP) is 2.46. The smallest absolute Gasteiger partial charge is 0.290 e. The van der Waals surface area contributed by atoms with E-state index in [1.165, 1.54) is 19.1 Å². The lowest BCUT2D eigenvalue weighted by Crippen LogP contribution is -2.04. The number of nitro groups is 2. The Bertz CT molecular complexity index is 762. The molecule has 1 aromatic heterocycles. The van der Waals surface area contributed by atoms with E-state index in [0.717, 1.165) is 29.2 Å². The zero-order valence-corrected chi connectivity index (χ0v) is 12.5. The fraction of sp³-hybridized carbons (Fsp3) is 0.100. The average Bonchev–Trinajstić information content (AvgIpc) is 2.85. The molecule has 1 aromatic carbocycles. The van der Waals surface area contributed by atoms with Gasteiger partial charge < -0.3 is 5.32 Å². The van der Waals surface area contributed by atoms with Gasteiger partial charge in [0.2, 0.25) is 11.0 Å². The monoisotopic (exact) mass is 341 g/mol. The second kappa shape index (κ2) is 6.44. The maximum atomic E-state index is 11.0. The van der Waals surface area contributed by atoms with Gasteiger partial charge in [0.15, 0.2) is 4.34 Å². The highest BCUT2D eigenvalue weighted by Gasteiger charge is 2.21. The first kappa shape index (κ1) is 15.8. The Labute approximate surface area is 130 Å². The zero-order valence-electron chi connectivity index (χ0n) is 10.9. The van der Waals surface area contributed by atoms with E-state index in [0.29, 0.717) is 4.34 Å². The van der Waals surface area contributed by atoms with Crippen LogP contribution in [0.2, 0.25) is 0 Å². The maximum absolute atomic E-state index is 11.0. The molecule has 2 rings (SSSR count). The van der Waals surface area contributed by atoms with E-state index in [1.54, 1.807) is 0 Å². The Kier molecular flexibility index (Phi) is 4.62. The number of rotatable bonds is 5. The molecule has 0 bridgehead atoms. The highest BCUT2D eigenvalue weighted by Crippen LogP contribution is 2.38. The van der Waals surface area contributed by atoms with Crippen molar-refractivity contribution in [2.45, 2.75) is 16.2 Å². The number of nitrogens with one attached hydrogen (secondary N) is 1. The fourth-order valence-corrected chi connectivity index (χ4v) is 3.23. The number of hydrogen-bond donors (Lipinski definition) is 1. The first-order valence-electron chi connectivity index (χ1n) is 5.58. The van der Waals surface area contributed by atoms with Crippen molar-refractivity contribution in [2.24, 2.45) is 0 Å². The van der Waals surface area contributed by atoms with Gasteiger partial charge >= 0.3 is 0 Å². The van der Waals surface area contributed by atoms with Crippen molar-refractivity contribution in [2.75, 3.05) is 5.32 Å². The predicted molar refractivity (Wildman–Crippen MR) is 78.1 cm³/mol. The Balaban J connectivity index is 2.28. The Morgan fingerprint density at radius 1 is 1.27 bits per heavy atom. The van der Waals surface area contributed by atoms with Crippen molar-refractivity contribution in [3.63, 3.8) is 0 Å². The second-order valence-electron chi connectivity index (χ2n) is 3.82. The number of nitrogens with zero attached hydrogens (tertiary/aromatic N) is 4. The van der Waals surface area contributed by atoms with Gasteiger partial charge in [-0.2, -0.15) is 0 Å². The summed E-state index contributed by atoms with van der Waals surface area (Å²) in [5.41, 5.74) is -0.761. The number of hydrogen-bond acceptors (Lipinski definition) is 9. The van der Waals surface area contributed by atoms with Crippen LogP contribution < -0.4 is 5.32 Å². The highest BCUT2D eigenvalue weighted by atomic mass is 32.2. The van der Waals surface area contributed by atoms with E-state index in [9.17, 15) is 25.0 Å². The minimum atomic E-state index is -0.707. The van der Waals surface area contributed by atoms with Crippen LogP contribution >= 0.6 is 23.1 Å². The van der Waals surface area contributed by atoms with Crippen LogP contribution in [0.15, 0.2) is 27.4 Å². The molecule has 2 aromatic rings. The van der Waals surface area contributed by atoms with Crippen LogP contribution in [0.5, 0.6) is 0 Å². The van der Waals surface area contributed by atoms with Crippen LogP contribution in [0.25, 0.3) is 0 Å². The first-order valence-corrected chi connectivity index (χ1v) is 7.22. The van der Waals surface area contributed by atoms with Gasteiger partial charge in [0.05, 0.1) is 20.8 Å². The lowest BCUT2D eigenvalue weighted by molar-refractivity contribution is -0.396. The van der Waals surface area contributed by atoms with Crippen molar-refractivity contribution in [3.05, 3.63) is 38.4 Å². The third-order valence-corrected chi connectivity index (χ3v) is 4.19. The molecule has 114 valence electrons. The number of benzene rings is 1. The van der Waals surface area contributed by atoms with E-state index >= 15 is 0 Å². The molecule has 1 heterocycles. The number of amides is 1. The summed E-state index contributed by atoms with van der Waals surface area (Å²) in [6, 6.07) is 3.34. The van der Waals surface area contributed by atoms with Gasteiger partial charge in [0.1, 0.15) is 0 Å². The van der Waals surface area contributed by atoms with Crippen LogP contribution in [0.1, 0.15) is 6.92 Å². The third kappa shape index (κ3) is 3.73. The topological polar surface area (TPSA) is 141 Å². The molecular formula is C10H7N5O5S2. The minimum absolute atomic E-state index is 0.195. The van der Waals surface area contributed by atoms with Crippen LogP contribution in [-0.2, 0) is 4.79 Å². The van der Waals surface area contributed by atoms with Crippen molar-refractivity contribution >= 4 is 45.5 Å². The molecule has 0 aliphatic rings. The van der Waals surface area contributed by atoms with Gasteiger partial charge in [0, 0.05) is 13.0 Å². The number of carbonyl (C=O) groups is 1. The summed E-state index contributed by atoms with van der Waals surface area (Å²) in [6.45, 7) is 1.31. The Morgan fingerprint density at radius 2 is 2.00 bits per heavy atom. The summed E-state index contributed by atoms with van der Waals surface area (Å²) in [7, 11) is 0. The van der Waals surface area contributed by atoms with Gasteiger partial charge in [-0.05, 0) is 17.8 Å². The quantitative estimate of drug-likeness (QED) is 0.496. The lowest BCUT2D eigenvalue weighted by atomic mass is 10.3. The molecule has 0 fully saturated rings. The Hall–Kier alpha value is -2.60. The summed E-state index contributed by atoms with van der Waals surface area (Å²) in [5.74, 6) is -0.311. The van der Waals surface area contributed by atoms with Gasteiger partial charge in [-0.25, -0.2) is 0 Å². The van der Waals surface area contributed by atoms with Gasteiger partial charge in [-0.15, -0.1) is 10.2 Å². The lowest BCUT2D eigenvalue weighted by Gasteiger charge is -1.99. The van der Waals surface area contributed by atoms with Gasteiger partial charge in [-0.1, -0.05) is 11.3 Å². The van der Waals surface area contributed by atoms with E-state index in [2.05, 4.69) is 15.5 Å². The molecule has 0 spiro atoms. The molecule has 0 aliphatic carbocycles. The van der Waals surface area contributed by atoms with Crippen LogP contribution in [0.4, 0.5) is 16.5 Å². The number of nitro benzene ring substituents is 2. The molecule has 0 saturated carbocycles. The minimum Gasteiger partial charge on any atom is -0.301 e. The normalized spacial score (nSPS) is 10.2. The highest BCUT2D eigenvalue weighted by molar-refractivity contribution is 8.01. The SMILES string of the molecule is CC(=O)Nc1nnc(Sc2ccc([N+](=O)[O-])cc2[N+](=O)[O-])s1. The summed E-state index contributed by atoms with van der Waals surface area (Å²) >= 11 is 1.98. The number of aromatic nitrogens is 2. The van der Waals surface area contributed by atoms with Crippen LogP contribution in [0.3, 0.4) is 0 Å². The van der Waals surface area contributed by atoms with Crippen molar-refractivity contribution in [3.8, 4) is 0 Å².